The second kappa shape index (κ2) is 6.28. The molecule has 2 rings (SSSR count). The molecule has 0 fully saturated rings. The summed E-state index contributed by atoms with van der Waals surface area (Å²) < 4.78 is 0. The third-order valence-corrected chi connectivity index (χ3v) is 5.46. The molecule has 0 saturated carbocycles. The fourth-order valence-electron chi connectivity index (χ4n) is 3.47. The van der Waals surface area contributed by atoms with Crippen LogP contribution in [0.5, 0.6) is 0 Å². The summed E-state index contributed by atoms with van der Waals surface area (Å²) >= 11 is 0. The summed E-state index contributed by atoms with van der Waals surface area (Å²) in [4.78, 5) is 2.17. The first-order valence-electron chi connectivity index (χ1n) is 7.92. The molecule has 2 heteroatoms. The van der Waals surface area contributed by atoms with Crippen LogP contribution in [0.3, 0.4) is 0 Å². The van der Waals surface area contributed by atoms with Gasteiger partial charge in [0.15, 0.2) is 0 Å². The standard InChI is InChI=1S/C18H29NO/c1-5-18(2,19(3)4)17(20)13-15-11-8-10-14-9-6-7-12-16(14)15/h6-7,9,12,15,17,20H,5,8,10-11,13H2,1-4H3. The molecule has 1 aromatic carbocycles. The topological polar surface area (TPSA) is 23.5 Å². The predicted molar refractivity (Wildman–Crippen MR) is 85.1 cm³/mol. The Bertz CT molecular complexity index is 443. The minimum atomic E-state index is -0.279. The molecular formula is C18H29NO. The Morgan fingerprint density at radius 2 is 2.05 bits per heavy atom. The fraction of sp³-hybridized carbons (Fsp3) is 0.667. The monoisotopic (exact) mass is 275 g/mol. The average Bonchev–Trinajstić information content (AvgIpc) is 2.46. The van der Waals surface area contributed by atoms with Gasteiger partial charge in [0.1, 0.15) is 0 Å². The summed E-state index contributed by atoms with van der Waals surface area (Å²) in [6, 6.07) is 8.77. The van der Waals surface area contributed by atoms with E-state index in [1.165, 1.54) is 30.4 Å². The average molecular weight is 275 g/mol. The Morgan fingerprint density at radius 1 is 1.35 bits per heavy atom. The molecule has 0 saturated heterocycles. The molecule has 1 aliphatic rings. The van der Waals surface area contributed by atoms with Gasteiger partial charge in [0.05, 0.1) is 6.10 Å². The van der Waals surface area contributed by atoms with Crippen LogP contribution in [0.2, 0.25) is 0 Å². The summed E-state index contributed by atoms with van der Waals surface area (Å²) in [6.07, 6.45) is 5.22. The molecule has 0 amide bonds. The number of benzene rings is 1. The molecule has 0 spiro atoms. The van der Waals surface area contributed by atoms with Gasteiger partial charge in [0, 0.05) is 5.54 Å². The third kappa shape index (κ3) is 2.91. The predicted octanol–water partition coefficient (Wildman–Crippen LogP) is 3.59. The molecule has 1 aromatic rings. The molecule has 1 N–H and O–H groups in total. The van der Waals surface area contributed by atoms with Crippen LogP contribution >= 0.6 is 0 Å². The zero-order valence-corrected chi connectivity index (χ0v) is 13.4. The van der Waals surface area contributed by atoms with E-state index in [1.54, 1.807) is 0 Å². The number of nitrogens with zero attached hydrogens (tertiary/aromatic N) is 1. The van der Waals surface area contributed by atoms with Gasteiger partial charge in [-0.15, -0.1) is 0 Å². The Hall–Kier alpha value is -0.860. The summed E-state index contributed by atoms with van der Waals surface area (Å²) in [5.74, 6) is 0.515. The molecule has 1 aliphatic carbocycles. The van der Waals surface area contributed by atoms with Crippen LogP contribution in [-0.2, 0) is 6.42 Å². The SMILES string of the molecule is CCC(C)(C(O)CC1CCCc2ccccc21)N(C)C. The van der Waals surface area contributed by atoms with E-state index in [-0.39, 0.29) is 11.6 Å². The molecule has 3 atom stereocenters. The first-order chi connectivity index (χ1) is 9.49. The number of rotatable bonds is 5. The van der Waals surface area contributed by atoms with E-state index in [2.05, 4.69) is 57.1 Å². The van der Waals surface area contributed by atoms with Crippen molar-refractivity contribution in [3.05, 3.63) is 35.4 Å². The molecule has 0 radical (unpaired) electrons. The largest absolute Gasteiger partial charge is 0.391 e. The fourth-order valence-corrected chi connectivity index (χ4v) is 3.47. The van der Waals surface area contributed by atoms with E-state index < -0.39 is 0 Å². The number of fused-ring (bicyclic) bond motifs is 1. The van der Waals surface area contributed by atoms with Crippen LogP contribution in [0.1, 0.15) is 56.6 Å². The Kier molecular flexibility index (Phi) is 4.87. The van der Waals surface area contributed by atoms with Crippen molar-refractivity contribution < 1.29 is 5.11 Å². The van der Waals surface area contributed by atoms with E-state index in [4.69, 9.17) is 0 Å². The van der Waals surface area contributed by atoms with Gasteiger partial charge < -0.3 is 10.0 Å². The summed E-state index contributed by atoms with van der Waals surface area (Å²) in [6.45, 7) is 4.34. The number of aryl methyl sites for hydroxylation is 1. The highest BCUT2D eigenvalue weighted by Gasteiger charge is 2.35. The van der Waals surface area contributed by atoms with Crippen molar-refractivity contribution in [1.82, 2.24) is 4.90 Å². The second-order valence-corrected chi connectivity index (χ2v) is 6.64. The maximum absolute atomic E-state index is 10.8. The van der Waals surface area contributed by atoms with Crippen LogP contribution in [0.25, 0.3) is 0 Å². The van der Waals surface area contributed by atoms with Crippen molar-refractivity contribution >= 4 is 0 Å². The van der Waals surface area contributed by atoms with E-state index in [0.29, 0.717) is 5.92 Å². The Balaban J connectivity index is 2.15. The first kappa shape index (κ1) is 15.5. The normalized spacial score (nSPS) is 23.2. The van der Waals surface area contributed by atoms with Gasteiger partial charge in [-0.25, -0.2) is 0 Å². The number of hydrogen-bond acceptors (Lipinski definition) is 2. The lowest BCUT2D eigenvalue weighted by Crippen LogP contribution is -2.51. The van der Waals surface area contributed by atoms with Crippen molar-refractivity contribution in [3.63, 3.8) is 0 Å². The van der Waals surface area contributed by atoms with Gasteiger partial charge in [0.25, 0.3) is 0 Å². The molecular weight excluding hydrogens is 246 g/mol. The van der Waals surface area contributed by atoms with Gasteiger partial charge in [-0.3, -0.25) is 0 Å². The second-order valence-electron chi connectivity index (χ2n) is 6.64. The van der Waals surface area contributed by atoms with Crippen LogP contribution in [0.15, 0.2) is 24.3 Å². The molecule has 112 valence electrons. The highest BCUT2D eigenvalue weighted by molar-refractivity contribution is 5.32. The maximum atomic E-state index is 10.8. The molecule has 0 heterocycles. The quantitative estimate of drug-likeness (QED) is 0.887. The zero-order chi connectivity index (χ0) is 14.8. The van der Waals surface area contributed by atoms with E-state index in [0.717, 1.165) is 12.8 Å². The molecule has 2 nitrogen and oxygen atoms in total. The first-order valence-corrected chi connectivity index (χ1v) is 7.92. The summed E-state index contributed by atoms with van der Waals surface area (Å²) in [5.41, 5.74) is 2.82. The lowest BCUT2D eigenvalue weighted by atomic mass is 9.76. The van der Waals surface area contributed by atoms with Crippen LogP contribution in [-0.4, -0.2) is 35.7 Å². The summed E-state index contributed by atoms with van der Waals surface area (Å²) in [7, 11) is 4.14. The highest BCUT2D eigenvalue weighted by Crippen LogP contribution is 2.37. The number of aliphatic hydroxyl groups is 1. The highest BCUT2D eigenvalue weighted by atomic mass is 16.3. The lowest BCUT2D eigenvalue weighted by Gasteiger charge is -2.42. The van der Waals surface area contributed by atoms with Gasteiger partial charge in [0.2, 0.25) is 0 Å². The Labute approximate surface area is 123 Å². The third-order valence-electron chi connectivity index (χ3n) is 5.46. The van der Waals surface area contributed by atoms with Gasteiger partial charge >= 0.3 is 0 Å². The van der Waals surface area contributed by atoms with Crippen LogP contribution < -0.4 is 0 Å². The van der Waals surface area contributed by atoms with Crippen molar-refractivity contribution in [2.45, 2.75) is 63.5 Å². The van der Waals surface area contributed by atoms with Crippen molar-refractivity contribution in [3.8, 4) is 0 Å². The Morgan fingerprint density at radius 3 is 2.70 bits per heavy atom. The minimum Gasteiger partial charge on any atom is -0.391 e. The molecule has 0 bridgehead atoms. The van der Waals surface area contributed by atoms with E-state index >= 15 is 0 Å². The van der Waals surface area contributed by atoms with Crippen LogP contribution in [0, 0.1) is 0 Å². The van der Waals surface area contributed by atoms with Gasteiger partial charge in [-0.2, -0.15) is 0 Å². The van der Waals surface area contributed by atoms with Crippen LogP contribution in [0.4, 0.5) is 0 Å². The molecule has 0 aromatic heterocycles. The molecule has 3 unspecified atom stereocenters. The van der Waals surface area contributed by atoms with Crippen molar-refractivity contribution in [2.75, 3.05) is 14.1 Å². The van der Waals surface area contributed by atoms with Crippen molar-refractivity contribution in [1.29, 1.82) is 0 Å². The van der Waals surface area contributed by atoms with Gasteiger partial charge in [-0.05, 0) is 70.2 Å². The number of aliphatic hydroxyl groups excluding tert-OH is 1. The van der Waals surface area contributed by atoms with Crippen molar-refractivity contribution in [2.24, 2.45) is 0 Å². The van der Waals surface area contributed by atoms with E-state index in [9.17, 15) is 5.11 Å². The lowest BCUT2D eigenvalue weighted by molar-refractivity contribution is -0.00733. The minimum absolute atomic E-state index is 0.133. The number of hydrogen-bond donors (Lipinski definition) is 1. The molecule has 0 aliphatic heterocycles. The smallest absolute Gasteiger partial charge is 0.0726 e. The maximum Gasteiger partial charge on any atom is 0.0726 e. The molecule has 20 heavy (non-hydrogen) atoms. The van der Waals surface area contributed by atoms with Gasteiger partial charge in [-0.1, -0.05) is 31.2 Å². The summed E-state index contributed by atoms with van der Waals surface area (Å²) in [5, 5.41) is 10.8. The van der Waals surface area contributed by atoms with E-state index in [1.807, 2.05) is 0 Å². The number of likely N-dealkylation sites (N-methyl/N-ethyl adjacent to an activating group) is 1. The zero-order valence-electron chi connectivity index (χ0n) is 13.4.